The van der Waals surface area contributed by atoms with Crippen LogP contribution in [-0.4, -0.2) is 12.6 Å². The van der Waals surface area contributed by atoms with E-state index >= 15 is 0 Å². The van der Waals surface area contributed by atoms with Crippen molar-refractivity contribution in [3.8, 4) is 0 Å². The Balaban J connectivity index is 0. The highest BCUT2D eigenvalue weighted by Crippen LogP contribution is 1.46. The molecule has 50 valence electrons. The molecule has 0 aromatic carbocycles. The lowest BCUT2D eigenvalue weighted by molar-refractivity contribution is 0.245. The number of hydrogen-bond acceptors (Lipinski definition) is 2. The third kappa shape index (κ3) is 9.10. The number of rotatable bonds is 2. The minimum absolute atomic E-state index is 0. The van der Waals surface area contributed by atoms with E-state index in [9.17, 15) is 4.79 Å². The van der Waals surface area contributed by atoms with Gasteiger partial charge in [0, 0.05) is 6.54 Å². The summed E-state index contributed by atoms with van der Waals surface area (Å²) in [5.41, 5.74) is 9.37. The molecule has 0 saturated carbocycles. The maximum Gasteiger partial charge on any atom is 0.326 e. The van der Waals surface area contributed by atoms with E-state index in [0.29, 0.717) is 6.54 Å². The SMILES string of the molecule is CCNNC(N)=O.Cl. The number of nitrogens with two attached hydrogens (primary N) is 1. The zero-order valence-corrected chi connectivity index (χ0v) is 5.42. The maximum absolute atomic E-state index is 9.81. The maximum atomic E-state index is 9.81. The number of amides is 2. The van der Waals surface area contributed by atoms with Crippen LogP contribution >= 0.6 is 12.4 Å². The van der Waals surface area contributed by atoms with Gasteiger partial charge in [-0.25, -0.2) is 10.2 Å². The highest BCUT2D eigenvalue weighted by molar-refractivity contribution is 5.85. The van der Waals surface area contributed by atoms with Gasteiger partial charge < -0.3 is 5.73 Å². The van der Waals surface area contributed by atoms with Crippen LogP contribution in [0.2, 0.25) is 0 Å². The van der Waals surface area contributed by atoms with E-state index in [1.807, 2.05) is 6.92 Å². The van der Waals surface area contributed by atoms with Crippen molar-refractivity contribution in [2.24, 2.45) is 5.73 Å². The Hall–Kier alpha value is -0.480. The smallest absolute Gasteiger partial charge is 0.326 e. The minimum Gasteiger partial charge on any atom is -0.351 e. The molecular weight excluding hydrogens is 130 g/mol. The molecule has 0 radical (unpaired) electrons. The largest absolute Gasteiger partial charge is 0.351 e. The van der Waals surface area contributed by atoms with Gasteiger partial charge in [-0.2, -0.15) is 0 Å². The molecule has 0 spiro atoms. The Morgan fingerprint density at radius 3 is 2.38 bits per heavy atom. The molecule has 4 nitrogen and oxygen atoms in total. The Bertz CT molecular complexity index is 67.5. The molecule has 0 aliphatic rings. The number of hydrazine groups is 1. The van der Waals surface area contributed by atoms with Gasteiger partial charge in [0.25, 0.3) is 0 Å². The molecule has 0 rings (SSSR count). The molecule has 8 heavy (non-hydrogen) atoms. The van der Waals surface area contributed by atoms with Gasteiger partial charge in [0.2, 0.25) is 0 Å². The Morgan fingerprint density at radius 1 is 1.75 bits per heavy atom. The van der Waals surface area contributed by atoms with Gasteiger partial charge in [0.15, 0.2) is 0 Å². The number of urea groups is 1. The Kier molecular flexibility index (Phi) is 8.55. The highest BCUT2D eigenvalue weighted by Gasteiger charge is 1.81. The highest BCUT2D eigenvalue weighted by atomic mass is 35.5. The summed E-state index contributed by atoms with van der Waals surface area (Å²) in [5, 5.41) is 0. The Labute approximate surface area is 54.2 Å². The van der Waals surface area contributed by atoms with Crippen molar-refractivity contribution in [2.75, 3.05) is 6.54 Å². The van der Waals surface area contributed by atoms with Gasteiger partial charge in [-0.1, -0.05) is 6.92 Å². The summed E-state index contributed by atoms with van der Waals surface area (Å²) in [6, 6.07) is -0.554. The second kappa shape index (κ2) is 6.52. The molecule has 0 fully saturated rings. The average Bonchev–Trinajstić information content (AvgIpc) is 1.61. The topological polar surface area (TPSA) is 67.2 Å². The van der Waals surface area contributed by atoms with Gasteiger partial charge in [-0.3, -0.25) is 5.43 Å². The van der Waals surface area contributed by atoms with Crippen LogP contribution in [0.25, 0.3) is 0 Å². The van der Waals surface area contributed by atoms with Crippen molar-refractivity contribution in [1.82, 2.24) is 10.9 Å². The summed E-state index contributed by atoms with van der Waals surface area (Å²) in [4.78, 5) is 9.81. The van der Waals surface area contributed by atoms with Crippen LogP contribution < -0.4 is 16.6 Å². The van der Waals surface area contributed by atoms with Crippen LogP contribution in [0, 0.1) is 0 Å². The van der Waals surface area contributed by atoms with E-state index < -0.39 is 6.03 Å². The molecule has 0 aromatic heterocycles. The standard InChI is InChI=1S/C3H9N3O.ClH/c1-2-5-6-3(4)7;/h5H,2H2,1H3,(H3,4,6,7);1H. The number of carbonyl (C=O) groups excluding carboxylic acids is 1. The van der Waals surface area contributed by atoms with Gasteiger partial charge in [-0.15, -0.1) is 12.4 Å². The fourth-order valence-electron chi connectivity index (χ4n) is 0.176. The molecule has 0 saturated heterocycles. The summed E-state index contributed by atoms with van der Waals surface area (Å²) in [5.74, 6) is 0. The van der Waals surface area contributed by atoms with Crippen LogP contribution in [0.15, 0.2) is 0 Å². The average molecular weight is 140 g/mol. The van der Waals surface area contributed by atoms with Crippen molar-refractivity contribution in [3.05, 3.63) is 0 Å². The Morgan fingerprint density at radius 2 is 2.25 bits per heavy atom. The lowest BCUT2D eigenvalue weighted by Crippen LogP contribution is -2.40. The fourth-order valence-corrected chi connectivity index (χ4v) is 0.176. The zero-order valence-electron chi connectivity index (χ0n) is 4.60. The van der Waals surface area contributed by atoms with Crippen LogP contribution in [0.4, 0.5) is 4.79 Å². The first kappa shape index (κ1) is 10.5. The molecule has 5 heteroatoms. The van der Waals surface area contributed by atoms with E-state index in [1.165, 1.54) is 0 Å². The van der Waals surface area contributed by atoms with E-state index in [-0.39, 0.29) is 12.4 Å². The van der Waals surface area contributed by atoms with Gasteiger partial charge in [0.1, 0.15) is 0 Å². The summed E-state index contributed by atoms with van der Waals surface area (Å²) in [6.07, 6.45) is 0. The van der Waals surface area contributed by atoms with Crippen molar-refractivity contribution >= 4 is 18.4 Å². The number of hydrogen-bond donors (Lipinski definition) is 3. The quantitative estimate of drug-likeness (QED) is 0.456. The van der Waals surface area contributed by atoms with Crippen LogP contribution in [-0.2, 0) is 0 Å². The van der Waals surface area contributed by atoms with Crippen LogP contribution in [0.1, 0.15) is 6.92 Å². The molecule has 0 unspecified atom stereocenters. The van der Waals surface area contributed by atoms with E-state index in [1.54, 1.807) is 0 Å². The number of primary amides is 1. The summed E-state index contributed by atoms with van der Waals surface area (Å²) in [6.45, 7) is 2.54. The molecule has 0 aliphatic heterocycles. The second-order valence-electron chi connectivity index (χ2n) is 1.02. The summed E-state index contributed by atoms with van der Waals surface area (Å²) >= 11 is 0. The van der Waals surface area contributed by atoms with Crippen LogP contribution in [0.5, 0.6) is 0 Å². The summed E-state index contributed by atoms with van der Waals surface area (Å²) < 4.78 is 0. The minimum atomic E-state index is -0.554. The molecule has 2 amide bonds. The van der Waals surface area contributed by atoms with Gasteiger partial charge >= 0.3 is 6.03 Å². The molecule has 0 bridgehead atoms. The first-order valence-corrected chi connectivity index (χ1v) is 2.05. The lowest BCUT2D eigenvalue weighted by Gasteiger charge is -1.96. The molecule has 0 heterocycles. The van der Waals surface area contributed by atoms with Gasteiger partial charge in [-0.05, 0) is 0 Å². The first-order valence-electron chi connectivity index (χ1n) is 2.05. The van der Waals surface area contributed by atoms with Gasteiger partial charge in [0.05, 0.1) is 0 Å². The third-order valence-electron chi connectivity index (χ3n) is 0.388. The number of carbonyl (C=O) groups is 1. The molecular formula is C3H10ClN3O. The van der Waals surface area contributed by atoms with Crippen molar-refractivity contribution < 1.29 is 4.79 Å². The van der Waals surface area contributed by atoms with Crippen LogP contribution in [0.3, 0.4) is 0 Å². The molecule has 0 aromatic rings. The predicted octanol–water partition coefficient (Wildman–Crippen LogP) is -0.399. The predicted molar refractivity (Wildman–Crippen MR) is 33.6 cm³/mol. The van der Waals surface area contributed by atoms with Crippen molar-refractivity contribution in [3.63, 3.8) is 0 Å². The fraction of sp³-hybridized carbons (Fsp3) is 0.667. The number of nitrogens with one attached hydrogen (secondary N) is 2. The van der Waals surface area contributed by atoms with E-state index in [2.05, 4.69) is 16.6 Å². The molecule has 0 aliphatic carbocycles. The van der Waals surface area contributed by atoms with E-state index in [4.69, 9.17) is 0 Å². The second-order valence-corrected chi connectivity index (χ2v) is 1.02. The zero-order chi connectivity index (χ0) is 5.70. The number of halogens is 1. The molecule has 0 atom stereocenters. The molecule has 4 N–H and O–H groups in total. The third-order valence-corrected chi connectivity index (χ3v) is 0.388. The van der Waals surface area contributed by atoms with Crippen molar-refractivity contribution in [2.45, 2.75) is 6.92 Å². The lowest BCUT2D eigenvalue weighted by atomic mass is 10.8. The van der Waals surface area contributed by atoms with E-state index in [0.717, 1.165) is 0 Å². The monoisotopic (exact) mass is 139 g/mol. The summed E-state index contributed by atoms with van der Waals surface area (Å²) in [7, 11) is 0. The normalized spacial score (nSPS) is 7.12. The van der Waals surface area contributed by atoms with Crippen molar-refractivity contribution in [1.29, 1.82) is 0 Å². The first-order chi connectivity index (χ1) is 3.27.